The number of nitrogens with one attached hydrogen (secondary N) is 1. The molecule has 0 fully saturated rings. The van der Waals surface area contributed by atoms with Crippen molar-refractivity contribution < 1.29 is 4.39 Å². The fourth-order valence-electron chi connectivity index (χ4n) is 1.91. The molecule has 0 saturated heterocycles. The van der Waals surface area contributed by atoms with E-state index in [2.05, 4.69) is 25.2 Å². The molecule has 0 aromatic heterocycles. The minimum Gasteiger partial charge on any atom is -0.395 e. The molecule has 0 aliphatic heterocycles. The molecule has 2 rings (SSSR count). The Kier molecular flexibility index (Phi) is 3.51. The normalized spacial score (nSPS) is 10.7. The lowest BCUT2D eigenvalue weighted by Gasteiger charge is -2.15. The second kappa shape index (κ2) is 5.08. The van der Waals surface area contributed by atoms with Crippen LogP contribution in [0.2, 0.25) is 0 Å². The summed E-state index contributed by atoms with van der Waals surface area (Å²) < 4.78 is 13.4. The smallest absolute Gasteiger partial charge is 0.148 e. The van der Waals surface area contributed by atoms with Gasteiger partial charge in [0.05, 0.1) is 11.4 Å². The average Bonchev–Trinajstić information content (AvgIpc) is 2.35. The number of anilines is 3. The molecule has 2 aromatic rings. The predicted octanol–water partition coefficient (Wildman–Crippen LogP) is 4.27. The number of hydrogen-bond donors (Lipinski definition) is 2. The quantitative estimate of drug-likeness (QED) is 0.791. The molecule has 0 amide bonds. The van der Waals surface area contributed by atoms with Gasteiger partial charge in [0.2, 0.25) is 0 Å². The number of nitrogen functional groups attached to an aromatic ring is 1. The number of para-hydroxylation sites is 2. The molecule has 0 unspecified atom stereocenters. The summed E-state index contributed by atoms with van der Waals surface area (Å²) in [6.45, 7) is 4.24. The van der Waals surface area contributed by atoms with Gasteiger partial charge in [-0.1, -0.05) is 38.1 Å². The van der Waals surface area contributed by atoms with Crippen LogP contribution in [0.4, 0.5) is 21.5 Å². The number of hydrogen-bond acceptors (Lipinski definition) is 2. The summed E-state index contributed by atoms with van der Waals surface area (Å²) in [5, 5.41) is 3.20. The van der Waals surface area contributed by atoms with Crippen LogP contribution in [0.5, 0.6) is 0 Å². The van der Waals surface area contributed by atoms with E-state index < -0.39 is 5.82 Å². The Balaban J connectivity index is 2.37. The highest BCUT2D eigenvalue weighted by atomic mass is 19.1. The molecule has 2 aromatic carbocycles. The van der Waals surface area contributed by atoms with E-state index in [9.17, 15) is 4.39 Å². The zero-order valence-corrected chi connectivity index (χ0v) is 10.6. The van der Waals surface area contributed by atoms with Crippen LogP contribution in [-0.4, -0.2) is 0 Å². The third kappa shape index (κ3) is 2.45. The fraction of sp³-hybridized carbons (Fsp3) is 0.200. The van der Waals surface area contributed by atoms with Crippen LogP contribution in [0.25, 0.3) is 0 Å². The van der Waals surface area contributed by atoms with Crippen LogP contribution in [-0.2, 0) is 0 Å². The van der Waals surface area contributed by atoms with E-state index in [1.54, 1.807) is 12.1 Å². The molecule has 0 saturated carbocycles. The minimum atomic E-state index is -0.401. The van der Waals surface area contributed by atoms with E-state index in [0.717, 1.165) is 5.69 Å². The van der Waals surface area contributed by atoms with Crippen molar-refractivity contribution in [2.45, 2.75) is 19.8 Å². The van der Waals surface area contributed by atoms with E-state index >= 15 is 0 Å². The van der Waals surface area contributed by atoms with Crippen molar-refractivity contribution in [2.24, 2.45) is 0 Å². The number of benzene rings is 2. The molecule has 0 aliphatic rings. The average molecular weight is 244 g/mol. The zero-order valence-electron chi connectivity index (χ0n) is 10.6. The van der Waals surface area contributed by atoms with Gasteiger partial charge in [-0.15, -0.1) is 0 Å². The summed E-state index contributed by atoms with van der Waals surface area (Å²) >= 11 is 0. The molecule has 18 heavy (non-hydrogen) atoms. The van der Waals surface area contributed by atoms with Crippen LogP contribution < -0.4 is 11.1 Å². The lowest BCUT2D eigenvalue weighted by atomic mass is 10.0. The molecule has 0 aliphatic carbocycles. The molecule has 3 heteroatoms. The maximum Gasteiger partial charge on any atom is 0.148 e. The first kappa shape index (κ1) is 12.4. The SMILES string of the molecule is CC(C)c1ccccc1Nc1cccc(F)c1N. The highest BCUT2D eigenvalue weighted by Gasteiger charge is 2.08. The standard InChI is InChI=1S/C15H17FN2/c1-10(2)11-6-3-4-8-13(11)18-14-9-5-7-12(16)15(14)17/h3-10,18H,17H2,1-2H3. The van der Waals surface area contributed by atoms with Gasteiger partial charge in [-0.2, -0.15) is 0 Å². The summed E-state index contributed by atoms with van der Waals surface area (Å²) in [6, 6.07) is 12.7. The molecule has 0 atom stereocenters. The van der Waals surface area contributed by atoms with Crippen molar-refractivity contribution in [2.75, 3.05) is 11.1 Å². The van der Waals surface area contributed by atoms with Gasteiger partial charge >= 0.3 is 0 Å². The topological polar surface area (TPSA) is 38.0 Å². The molecule has 0 bridgehead atoms. The first-order valence-corrected chi connectivity index (χ1v) is 5.99. The Bertz CT molecular complexity index is 550. The van der Waals surface area contributed by atoms with Crippen molar-refractivity contribution >= 4 is 17.1 Å². The molecule has 0 heterocycles. The molecule has 3 N–H and O–H groups in total. The number of rotatable bonds is 3. The summed E-state index contributed by atoms with van der Waals surface area (Å²) in [5.41, 5.74) is 8.61. The molecule has 2 nitrogen and oxygen atoms in total. The lowest BCUT2D eigenvalue weighted by molar-refractivity contribution is 0.633. The maximum absolute atomic E-state index is 13.4. The molecular formula is C15H17FN2. The van der Waals surface area contributed by atoms with Gasteiger partial charge in [-0.05, 0) is 29.7 Å². The van der Waals surface area contributed by atoms with Crippen molar-refractivity contribution in [1.82, 2.24) is 0 Å². The first-order valence-electron chi connectivity index (χ1n) is 5.99. The van der Waals surface area contributed by atoms with Crippen molar-refractivity contribution in [3.63, 3.8) is 0 Å². The van der Waals surface area contributed by atoms with E-state index in [0.29, 0.717) is 11.6 Å². The Morgan fingerprint density at radius 2 is 1.67 bits per heavy atom. The Hall–Kier alpha value is -2.03. The van der Waals surface area contributed by atoms with Gasteiger partial charge in [-0.25, -0.2) is 4.39 Å². The number of halogens is 1. The second-order valence-corrected chi connectivity index (χ2v) is 4.57. The Labute approximate surface area is 107 Å². The zero-order chi connectivity index (χ0) is 13.1. The molecule has 0 radical (unpaired) electrons. The fourth-order valence-corrected chi connectivity index (χ4v) is 1.91. The van der Waals surface area contributed by atoms with Crippen LogP contribution in [0.3, 0.4) is 0 Å². The van der Waals surface area contributed by atoms with Crippen molar-refractivity contribution in [3.05, 3.63) is 53.8 Å². The third-order valence-electron chi connectivity index (χ3n) is 2.91. The largest absolute Gasteiger partial charge is 0.395 e. The van der Waals surface area contributed by atoms with Gasteiger partial charge in [0, 0.05) is 5.69 Å². The Morgan fingerprint density at radius 3 is 2.39 bits per heavy atom. The van der Waals surface area contributed by atoms with E-state index in [1.165, 1.54) is 11.6 Å². The van der Waals surface area contributed by atoms with Crippen molar-refractivity contribution in [1.29, 1.82) is 0 Å². The second-order valence-electron chi connectivity index (χ2n) is 4.57. The van der Waals surface area contributed by atoms with E-state index in [1.807, 2.05) is 18.2 Å². The van der Waals surface area contributed by atoms with Gasteiger partial charge in [0.1, 0.15) is 5.82 Å². The number of nitrogens with two attached hydrogens (primary N) is 1. The summed E-state index contributed by atoms with van der Waals surface area (Å²) in [4.78, 5) is 0. The Morgan fingerprint density at radius 1 is 1.00 bits per heavy atom. The summed E-state index contributed by atoms with van der Waals surface area (Å²) in [6.07, 6.45) is 0. The molecule has 0 spiro atoms. The van der Waals surface area contributed by atoms with Crippen molar-refractivity contribution in [3.8, 4) is 0 Å². The van der Waals surface area contributed by atoms with E-state index in [4.69, 9.17) is 5.73 Å². The van der Waals surface area contributed by atoms with Crippen LogP contribution in [0.15, 0.2) is 42.5 Å². The summed E-state index contributed by atoms with van der Waals surface area (Å²) in [5.74, 6) is -0.00879. The minimum absolute atomic E-state index is 0.149. The van der Waals surface area contributed by atoms with Gasteiger partial charge < -0.3 is 11.1 Å². The van der Waals surface area contributed by atoms with E-state index in [-0.39, 0.29) is 5.69 Å². The van der Waals surface area contributed by atoms with Crippen LogP contribution in [0.1, 0.15) is 25.3 Å². The molecular weight excluding hydrogens is 227 g/mol. The van der Waals surface area contributed by atoms with Gasteiger partial charge in [0.15, 0.2) is 0 Å². The predicted molar refractivity (Wildman–Crippen MR) is 74.6 cm³/mol. The highest BCUT2D eigenvalue weighted by molar-refractivity contribution is 5.74. The lowest BCUT2D eigenvalue weighted by Crippen LogP contribution is -2.01. The summed E-state index contributed by atoms with van der Waals surface area (Å²) in [7, 11) is 0. The maximum atomic E-state index is 13.4. The first-order chi connectivity index (χ1) is 8.59. The third-order valence-corrected chi connectivity index (χ3v) is 2.91. The van der Waals surface area contributed by atoms with Gasteiger partial charge in [-0.3, -0.25) is 0 Å². The molecule has 94 valence electrons. The highest BCUT2D eigenvalue weighted by Crippen LogP contribution is 2.30. The monoisotopic (exact) mass is 244 g/mol. The van der Waals surface area contributed by atoms with Gasteiger partial charge in [0.25, 0.3) is 0 Å². The van der Waals surface area contributed by atoms with Crippen LogP contribution in [0, 0.1) is 5.82 Å². The van der Waals surface area contributed by atoms with Crippen LogP contribution >= 0.6 is 0 Å².